The van der Waals surface area contributed by atoms with Gasteiger partial charge in [0.15, 0.2) is 0 Å². The summed E-state index contributed by atoms with van der Waals surface area (Å²) in [4.78, 5) is 18.8. The molecule has 0 aliphatic rings. The number of carboxylic acids is 1. The maximum absolute atomic E-state index is 11.3. The van der Waals surface area contributed by atoms with E-state index >= 15 is 0 Å². The van der Waals surface area contributed by atoms with E-state index in [2.05, 4.69) is 25.9 Å². The molecule has 1 aromatic heterocycles. The molecule has 2 rings (SSSR count). The molecule has 5 heteroatoms. The quantitative estimate of drug-likeness (QED) is 0.908. The van der Waals surface area contributed by atoms with Crippen molar-refractivity contribution < 1.29 is 9.90 Å². The third kappa shape index (κ3) is 2.56. The van der Waals surface area contributed by atoms with Gasteiger partial charge in [-0.05, 0) is 32.9 Å². The number of hydrogen-bond acceptors (Lipinski definition) is 2. The number of aliphatic carboxylic acids is 1. The van der Waals surface area contributed by atoms with Gasteiger partial charge in [0.2, 0.25) is 0 Å². The van der Waals surface area contributed by atoms with Gasteiger partial charge in [0.25, 0.3) is 0 Å². The molecule has 0 saturated heterocycles. The van der Waals surface area contributed by atoms with Crippen molar-refractivity contribution in [3.05, 3.63) is 40.3 Å². The number of nitrogens with one attached hydrogen (secondary N) is 1. The Balaban J connectivity index is 2.51. The minimum Gasteiger partial charge on any atom is -0.481 e. The molecule has 0 aliphatic heterocycles. The molecule has 0 spiro atoms. The minimum absolute atomic E-state index is 0.465. The van der Waals surface area contributed by atoms with Crippen LogP contribution in [-0.4, -0.2) is 21.0 Å². The van der Waals surface area contributed by atoms with Crippen molar-refractivity contribution in [1.82, 2.24) is 9.97 Å². The van der Waals surface area contributed by atoms with Gasteiger partial charge in [0, 0.05) is 15.7 Å². The van der Waals surface area contributed by atoms with Gasteiger partial charge >= 0.3 is 5.97 Å². The Labute approximate surface area is 120 Å². The summed E-state index contributed by atoms with van der Waals surface area (Å²) in [7, 11) is 0. The van der Waals surface area contributed by atoms with Crippen LogP contribution in [0.4, 0.5) is 0 Å². The van der Waals surface area contributed by atoms with Crippen molar-refractivity contribution in [2.75, 3.05) is 0 Å². The van der Waals surface area contributed by atoms with E-state index in [0.29, 0.717) is 5.82 Å². The second kappa shape index (κ2) is 4.81. The van der Waals surface area contributed by atoms with E-state index in [9.17, 15) is 9.90 Å². The number of hydrogen-bond donors (Lipinski definition) is 2. The van der Waals surface area contributed by atoms with Crippen molar-refractivity contribution in [1.29, 1.82) is 0 Å². The third-order valence-corrected chi connectivity index (χ3v) is 3.60. The van der Waals surface area contributed by atoms with E-state index in [-0.39, 0.29) is 0 Å². The van der Waals surface area contributed by atoms with Gasteiger partial charge < -0.3 is 10.1 Å². The van der Waals surface area contributed by atoms with Crippen LogP contribution >= 0.6 is 15.9 Å². The van der Waals surface area contributed by atoms with E-state index in [1.54, 1.807) is 13.8 Å². The fraction of sp³-hybridized carbons (Fsp3) is 0.286. The van der Waals surface area contributed by atoms with Gasteiger partial charge in [0.1, 0.15) is 11.2 Å². The number of benzene rings is 1. The molecule has 2 aromatic rings. The maximum Gasteiger partial charge on any atom is 0.316 e. The number of rotatable bonds is 3. The lowest BCUT2D eigenvalue weighted by Gasteiger charge is -2.15. The maximum atomic E-state index is 11.3. The molecule has 100 valence electrons. The number of halogens is 1. The topological polar surface area (TPSA) is 66.0 Å². The Bertz CT molecular complexity index is 632. The zero-order chi connectivity index (χ0) is 14.2. The van der Waals surface area contributed by atoms with Crippen LogP contribution in [0, 0.1) is 6.92 Å². The number of carboxylic acid groups (broad SMARTS) is 1. The molecule has 4 nitrogen and oxygen atoms in total. The molecule has 0 fully saturated rings. The van der Waals surface area contributed by atoms with Crippen molar-refractivity contribution in [3.8, 4) is 11.3 Å². The van der Waals surface area contributed by atoms with Crippen LogP contribution in [0.15, 0.2) is 28.7 Å². The highest BCUT2D eigenvalue weighted by atomic mass is 79.9. The first-order valence-corrected chi connectivity index (χ1v) is 6.68. The Morgan fingerprint density at radius 2 is 2.11 bits per heavy atom. The second-order valence-corrected chi connectivity index (χ2v) is 5.92. The minimum atomic E-state index is -1.03. The SMILES string of the molecule is Cc1[nH]c(C(C)(C)C(=O)O)nc1-c1cccc(Br)c1. The van der Waals surface area contributed by atoms with Crippen LogP contribution in [-0.2, 0) is 10.2 Å². The van der Waals surface area contributed by atoms with Crippen molar-refractivity contribution in [2.45, 2.75) is 26.2 Å². The van der Waals surface area contributed by atoms with Gasteiger partial charge in [-0.15, -0.1) is 0 Å². The van der Waals surface area contributed by atoms with E-state index < -0.39 is 11.4 Å². The van der Waals surface area contributed by atoms with Gasteiger partial charge in [-0.2, -0.15) is 0 Å². The first-order valence-electron chi connectivity index (χ1n) is 5.89. The molecule has 0 radical (unpaired) electrons. The first-order chi connectivity index (χ1) is 8.82. The summed E-state index contributed by atoms with van der Waals surface area (Å²) in [6, 6.07) is 7.77. The zero-order valence-corrected chi connectivity index (χ0v) is 12.6. The molecule has 0 saturated carbocycles. The number of imidazole rings is 1. The van der Waals surface area contributed by atoms with Crippen LogP contribution in [0.1, 0.15) is 25.4 Å². The van der Waals surface area contributed by atoms with Crippen molar-refractivity contribution in [3.63, 3.8) is 0 Å². The highest BCUT2D eigenvalue weighted by Gasteiger charge is 2.33. The summed E-state index contributed by atoms with van der Waals surface area (Å²) < 4.78 is 0.964. The first kappa shape index (κ1) is 13.8. The zero-order valence-electron chi connectivity index (χ0n) is 11.0. The normalized spacial score (nSPS) is 11.6. The average Bonchev–Trinajstić information content (AvgIpc) is 2.71. The highest BCUT2D eigenvalue weighted by molar-refractivity contribution is 9.10. The molecular formula is C14H15BrN2O2. The number of aromatic nitrogens is 2. The number of aryl methyl sites for hydroxylation is 1. The van der Waals surface area contributed by atoms with Gasteiger partial charge in [-0.3, -0.25) is 4.79 Å². The second-order valence-electron chi connectivity index (χ2n) is 5.00. The molecule has 0 aliphatic carbocycles. The van der Waals surface area contributed by atoms with Crippen LogP contribution in [0.5, 0.6) is 0 Å². The summed E-state index contributed by atoms with van der Waals surface area (Å²) >= 11 is 3.42. The van der Waals surface area contributed by atoms with E-state index in [1.807, 2.05) is 31.2 Å². The summed E-state index contributed by atoms with van der Waals surface area (Å²) in [5, 5.41) is 9.24. The molecule has 1 heterocycles. The van der Waals surface area contributed by atoms with Gasteiger partial charge in [-0.25, -0.2) is 4.98 Å². The smallest absolute Gasteiger partial charge is 0.316 e. The van der Waals surface area contributed by atoms with E-state index in [1.165, 1.54) is 0 Å². The van der Waals surface area contributed by atoms with Crippen molar-refractivity contribution in [2.24, 2.45) is 0 Å². The van der Waals surface area contributed by atoms with Crippen molar-refractivity contribution >= 4 is 21.9 Å². The Kier molecular flexibility index (Phi) is 3.49. The molecular weight excluding hydrogens is 308 g/mol. The average molecular weight is 323 g/mol. The lowest BCUT2D eigenvalue weighted by Crippen LogP contribution is -2.29. The number of carbonyl (C=O) groups is 1. The Hall–Kier alpha value is -1.62. The lowest BCUT2D eigenvalue weighted by molar-refractivity contribution is -0.142. The number of nitrogens with zero attached hydrogens (tertiary/aromatic N) is 1. The molecule has 0 bridgehead atoms. The van der Waals surface area contributed by atoms with Crippen LogP contribution in [0.3, 0.4) is 0 Å². The molecule has 1 aromatic carbocycles. The molecule has 0 unspecified atom stereocenters. The molecule has 19 heavy (non-hydrogen) atoms. The predicted molar refractivity (Wildman–Crippen MR) is 77.1 cm³/mol. The largest absolute Gasteiger partial charge is 0.481 e. The van der Waals surface area contributed by atoms with Gasteiger partial charge in [-0.1, -0.05) is 28.1 Å². The number of aromatic amines is 1. The monoisotopic (exact) mass is 322 g/mol. The molecule has 2 N–H and O–H groups in total. The lowest BCUT2D eigenvalue weighted by atomic mass is 9.93. The standard InChI is InChI=1S/C14H15BrN2O2/c1-8-11(9-5-4-6-10(15)7-9)17-12(16-8)14(2,3)13(18)19/h4-7H,1-3H3,(H,16,17)(H,18,19). The summed E-state index contributed by atoms with van der Waals surface area (Å²) in [5.41, 5.74) is 1.57. The third-order valence-electron chi connectivity index (χ3n) is 3.11. The highest BCUT2D eigenvalue weighted by Crippen LogP contribution is 2.28. The van der Waals surface area contributed by atoms with E-state index in [0.717, 1.165) is 21.4 Å². The Morgan fingerprint density at radius 1 is 1.42 bits per heavy atom. The van der Waals surface area contributed by atoms with Crippen LogP contribution in [0.25, 0.3) is 11.3 Å². The molecule has 0 atom stereocenters. The molecule has 0 amide bonds. The van der Waals surface area contributed by atoms with Crippen LogP contribution in [0.2, 0.25) is 0 Å². The predicted octanol–water partition coefficient (Wildman–Crippen LogP) is 3.51. The fourth-order valence-electron chi connectivity index (χ4n) is 1.77. The summed E-state index contributed by atoms with van der Waals surface area (Å²) in [6.45, 7) is 5.17. The number of H-pyrrole nitrogens is 1. The van der Waals surface area contributed by atoms with E-state index in [4.69, 9.17) is 0 Å². The Morgan fingerprint density at radius 3 is 2.68 bits per heavy atom. The fourth-order valence-corrected chi connectivity index (χ4v) is 2.17. The summed E-state index contributed by atoms with van der Waals surface area (Å²) in [5.74, 6) is -0.436. The van der Waals surface area contributed by atoms with Gasteiger partial charge in [0.05, 0.1) is 5.69 Å². The van der Waals surface area contributed by atoms with Crippen LogP contribution < -0.4 is 0 Å². The summed E-state index contributed by atoms with van der Waals surface area (Å²) in [6.07, 6.45) is 0.